The lowest BCUT2D eigenvalue weighted by Crippen LogP contribution is -2.41. The lowest BCUT2D eigenvalue weighted by Gasteiger charge is -2.32. The number of hydrogen-bond acceptors (Lipinski definition) is 4. The van der Waals surface area contributed by atoms with Gasteiger partial charge in [-0.3, -0.25) is 4.98 Å². The summed E-state index contributed by atoms with van der Waals surface area (Å²) in [5, 5.41) is 11.0. The Morgan fingerprint density at radius 3 is 2.04 bits per heavy atom. The monoisotopic (exact) mass is 339 g/mol. The highest BCUT2D eigenvalue weighted by Crippen LogP contribution is 2.36. The lowest BCUT2D eigenvalue weighted by atomic mass is 9.77. The molecule has 25 heavy (non-hydrogen) atoms. The minimum absolute atomic E-state index is 0.365. The van der Waals surface area contributed by atoms with Crippen LogP contribution in [0.1, 0.15) is 51.4 Å². The standard InChI is InChI=1S/C20H26BNO3/c1-14-13-16(11-12-22-14)20(6,23)15-7-9-17(10-8-15)21-24-18(2,3)19(4,5)25-21/h7-13,23H,1-6H3. The van der Waals surface area contributed by atoms with Crippen molar-refractivity contribution in [1.82, 2.24) is 4.98 Å². The molecule has 2 heterocycles. The SMILES string of the molecule is Cc1cc(C(C)(O)c2ccc(B3OC(C)(C)C(C)(C)O3)cc2)ccn1. The second-order valence-corrected chi connectivity index (χ2v) is 7.97. The minimum Gasteiger partial charge on any atom is -0.399 e. The number of pyridine rings is 1. The number of benzene rings is 1. The van der Waals surface area contributed by atoms with Crippen LogP contribution in [-0.4, -0.2) is 28.4 Å². The Labute approximate surface area is 150 Å². The van der Waals surface area contributed by atoms with Gasteiger partial charge in [-0.1, -0.05) is 24.3 Å². The van der Waals surface area contributed by atoms with Gasteiger partial charge in [-0.05, 0) is 70.3 Å². The number of rotatable bonds is 3. The summed E-state index contributed by atoms with van der Waals surface area (Å²) >= 11 is 0. The fourth-order valence-corrected chi connectivity index (χ4v) is 2.96. The average molecular weight is 339 g/mol. The highest BCUT2D eigenvalue weighted by molar-refractivity contribution is 6.62. The van der Waals surface area contributed by atoms with E-state index in [-0.39, 0.29) is 11.2 Å². The van der Waals surface area contributed by atoms with Gasteiger partial charge in [0, 0.05) is 11.9 Å². The molecule has 1 atom stereocenters. The molecule has 132 valence electrons. The molecule has 1 saturated heterocycles. The summed E-state index contributed by atoms with van der Waals surface area (Å²) in [5.41, 5.74) is 1.66. The van der Waals surface area contributed by atoms with Crippen molar-refractivity contribution >= 4 is 12.6 Å². The first-order valence-corrected chi connectivity index (χ1v) is 8.64. The van der Waals surface area contributed by atoms with Gasteiger partial charge in [0.1, 0.15) is 5.60 Å². The maximum Gasteiger partial charge on any atom is 0.494 e. The molecule has 1 aromatic heterocycles. The van der Waals surface area contributed by atoms with Crippen molar-refractivity contribution in [1.29, 1.82) is 0 Å². The molecule has 2 aromatic rings. The van der Waals surface area contributed by atoms with Crippen molar-refractivity contribution in [2.24, 2.45) is 0 Å². The van der Waals surface area contributed by atoms with Crippen LogP contribution in [0.5, 0.6) is 0 Å². The number of hydrogen-bond donors (Lipinski definition) is 1. The van der Waals surface area contributed by atoms with Crippen molar-refractivity contribution in [3.8, 4) is 0 Å². The Balaban J connectivity index is 1.86. The number of nitrogens with zero attached hydrogens (tertiary/aromatic N) is 1. The molecule has 1 aliphatic rings. The van der Waals surface area contributed by atoms with Crippen LogP contribution < -0.4 is 5.46 Å². The predicted octanol–water partition coefficient (Wildman–Crippen LogP) is 2.95. The van der Waals surface area contributed by atoms with E-state index in [1.165, 1.54) is 0 Å². The largest absolute Gasteiger partial charge is 0.494 e. The van der Waals surface area contributed by atoms with E-state index < -0.39 is 12.7 Å². The summed E-state index contributed by atoms with van der Waals surface area (Å²) in [6.45, 7) is 11.9. The molecule has 0 aliphatic carbocycles. The molecule has 0 saturated carbocycles. The highest BCUT2D eigenvalue weighted by atomic mass is 16.7. The van der Waals surface area contributed by atoms with Crippen LogP contribution in [0.25, 0.3) is 0 Å². The molecule has 1 N–H and O–H groups in total. The first-order valence-electron chi connectivity index (χ1n) is 8.64. The zero-order chi connectivity index (χ0) is 18.5. The quantitative estimate of drug-likeness (QED) is 0.874. The van der Waals surface area contributed by atoms with E-state index in [2.05, 4.69) is 4.98 Å². The van der Waals surface area contributed by atoms with Crippen molar-refractivity contribution < 1.29 is 14.4 Å². The molecule has 1 unspecified atom stereocenters. The van der Waals surface area contributed by atoms with Crippen LogP contribution in [0.2, 0.25) is 0 Å². The average Bonchev–Trinajstić information content (AvgIpc) is 2.75. The van der Waals surface area contributed by atoms with Gasteiger partial charge >= 0.3 is 7.12 Å². The third kappa shape index (κ3) is 3.24. The Morgan fingerprint density at radius 1 is 0.960 bits per heavy atom. The van der Waals surface area contributed by atoms with Gasteiger partial charge in [-0.2, -0.15) is 0 Å². The molecule has 0 bridgehead atoms. The van der Waals surface area contributed by atoms with E-state index in [0.717, 1.165) is 22.3 Å². The molecule has 3 rings (SSSR count). The summed E-state index contributed by atoms with van der Waals surface area (Å²) in [6, 6.07) is 11.5. The molecule has 0 spiro atoms. The summed E-state index contributed by atoms with van der Waals surface area (Å²) < 4.78 is 12.2. The summed E-state index contributed by atoms with van der Waals surface area (Å²) in [7, 11) is -0.396. The predicted molar refractivity (Wildman–Crippen MR) is 99.8 cm³/mol. The third-order valence-corrected chi connectivity index (χ3v) is 5.46. The van der Waals surface area contributed by atoms with Gasteiger partial charge in [0.05, 0.1) is 11.2 Å². The van der Waals surface area contributed by atoms with Crippen LogP contribution in [0, 0.1) is 6.92 Å². The third-order valence-electron chi connectivity index (χ3n) is 5.46. The summed E-state index contributed by atoms with van der Waals surface area (Å²) in [4.78, 5) is 4.20. The normalized spacial score (nSPS) is 21.2. The number of aryl methyl sites for hydroxylation is 1. The zero-order valence-corrected chi connectivity index (χ0v) is 15.8. The fourth-order valence-electron chi connectivity index (χ4n) is 2.96. The topological polar surface area (TPSA) is 51.6 Å². The smallest absolute Gasteiger partial charge is 0.399 e. The van der Waals surface area contributed by atoms with Crippen molar-refractivity contribution in [2.75, 3.05) is 0 Å². The van der Waals surface area contributed by atoms with E-state index in [1.807, 2.05) is 71.0 Å². The van der Waals surface area contributed by atoms with Gasteiger partial charge in [0.25, 0.3) is 0 Å². The molecule has 4 nitrogen and oxygen atoms in total. The Morgan fingerprint density at radius 2 is 1.52 bits per heavy atom. The van der Waals surface area contributed by atoms with Gasteiger partial charge in [-0.15, -0.1) is 0 Å². The molecule has 1 aliphatic heterocycles. The Bertz CT molecular complexity index is 753. The van der Waals surface area contributed by atoms with Crippen LogP contribution in [-0.2, 0) is 14.9 Å². The van der Waals surface area contributed by atoms with Crippen molar-refractivity contribution in [2.45, 2.75) is 58.3 Å². The van der Waals surface area contributed by atoms with E-state index in [4.69, 9.17) is 9.31 Å². The second kappa shape index (κ2) is 5.94. The van der Waals surface area contributed by atoms with Crippen LogP contribution >= 0.6 is 0 Å². The molecule has 0 radical (unpaired) electrons. The van der Waals surface area contributed by atoms with Crippen LogP contribution in [0.4, 0.5) is 0 Å². The Kier molecular flexibility index (Phi) is 4.30. The van der Waals surface area contributed by atoms with Gasteiger partial charge in [0.2, 0.25) is 0 Å². The van der Waals surface area contributed by atoms with E-state index >= 15 is 0 Å². The van der Waals surface area contributed by atoms with E-state index in [1.54, 1.807) is 13.1 Å². The molecule has 1 aromatic carbocycles. The highest BCUT2D eigenvalue weighted by Gasteiger charge is 2.51. The van der Waals surface area contributed by atoms with E-state index in [0.29, 0.717) is 0 Å². The Hall–Kier alpha value is -1.69. The van der Waals surface area contributed by atoms with Gasteiger partial charge < -0.3 is 14.4 Å². The second-order valence-electron chi connectivity index (χ2n) is 7.97. The zero-order valence-electron chi connectivity index (χ0n) is 15.8. The van der Waals surface area contributed by atoms with Crippen LogP contribution in [0.15, 0.2) is 42.6 Å². The maximum absolute atomic E-state index is 11.0. The first-order chi connectivity index (χ1) is 11.5. The molecular formula is C20H26BNO3. The fraction of sp³-hybridized carbons (Fsp3) is 0.450. The molecule has 1 fully saturated rings. The summed E-state index contributed by atoms with van der Waals surface area (Å²) in [5.74, 6) is 0. The molecular weight excluding hydrogens is 313 g/mol. The maximum atomic E-state index is 11.0. The van der Waals surface area contributed by atoms with Crippen molar-refractivity contribution in [3.63, 3.8) is 0 Å². The van der Waals surface area contributed by atoms with Crippen molar-refractivity contribution in [3.05, 3.63) is 59.4 Å². The van der Waals surface area contributed by atoms with E-state index in [9.17, 15) is 5.11 Å². The number of aromatic nitrogens is 1. The van der Waals surface area contributed by atoms with Gasteiger partial charge in [0.15, 0.2) is 0 Å². The van der Waals surface area contributed by atoms with Gasteiger partial charge in [-0.25, -0.2) is 0 Å². The minimum atomic E-state index is -1.08. The van der Waals surface area contributed by atoms with Crippen LogP contribution in [0.3, 0.4) is 0 Å². The summed E-state index contributed by atoms with van der Waals surface area (Å²) in [6.07, 6.45) is 1.72. The lowest BCUT2D eigenvalue weighted by molar-refractivity contribution is 0.00578. The molecule has 5 heteroatoms. The molecule has 0 amide bonds. The first kappa shape index (κ1) is 18.1. The number of aliphatic hydroxyl groups is 1.